The molecule has 0 unspecified atom stereocenters. The first-order chi connectivity index (χ1) is 15.9. The molecule has 0 atom stereocenters. The number of hydrogen-bond acceptors (Lipinski definition) is 8. The van der Waals surface area contributed by atoms with Gasteiger partial charge in [-0.2, -0.15) is 0 Å². The number of non-ortho nitro benzene ring substituents is 1. The van der Waals surface area contributed by atoms with Gasteiger partial charge in [0, 0.05) is 50.5 Å². The van der Waals surface area contributed by atoms with E-state index in [9.17, 15) is 19.7 Å². The first kappa shape index (κ1) is 24.1. The van der Waals surface area contributed by atoms with E-state index in [0.717, 1.165) is 19.6 Å². The second-order valence-electron chi connectivity index (χ2n) is 7.62. The van der Waals surface area contributed by atoms with E-state index in [0.29, 0.717) is 43.3 Å². The number of morpholine rings is 1. The molecular formula is C22H27N5O6. The molecule has 0 saturated carbocycles. The van der Waals surface area contributed by atoms with E-state index in [4.69, 9.17) is 9.26 Å². The summed E-state index contributed by atoms with van der Waals surface area (Å²) < 4.78 is 10.3. The summed E-state index contributed by atoms with van der Waals surface area (Å²) in [7, 11) is 0. The lowest BCUT2D eigenvalue weighted by Gasteiger charge is -2.28. The molecule has 1 N–H and O–H groups in total. The zero-order chi connectivity index (χ0) is 23.6. The Labute approximate surface area is 191 Å². The molecule has 1 aliphatic rings. The van der Waals surface area contributed by atoms with Gasteiger partial charge in [0.05, 0.1) is 18.1 Å². The first-order valence-corrected chi connectivity index (χ1v) is 10.7. The van der Waals surface area contributed by atoms with E-state index in [1.807, 2.05) is 0 Å². The standard InChI is InChI=1S/C22H27N5O6/c1-17-15-20(24-33-17)23-21(28)16-26(10-2-9-25-11-13-32-14-12-25)22(29)8-5-18-3-6-19(7-4-18)27(30)31/h3-8,15H,2,9-14,16H2,1H3,(H,23,24,28)/b8-5+. The minimum absolute atomic E-state index is 0.0250. The van der Waals surface area contributed by atoms with Gasteiger partial charge in [0.2, 0.25) is 11.8 Å². The zero-order valence-electron chi connectivity index (χ0n) is 18.4. The van der Waals surface area contributed by atoms with Crippen molar-refractivity contribution in [3.05, 3.63) is 57.8 Å². The number of benzene rings is 1. The van der Waals surface area contributed by atoms with Gasteiger partial charge in [0.1, 0.15) is 12.3 Å². The highest BCUT2D eigenvalue weighted by Gasteiger charge is 2.17. The average Bonchev–Trinajstić information content (AvgIpc) is 3.22. The molecule has 0 bridgehead atoms. The number of nitrogens with zero attached hydrogens (tertiary/aromatic N) is 4. The van der Waals surface area contributed by atoms with Crippen LogP contribution in [0.1, 0.15) is 17.7 Å². The van der Waals surface area contributed by atoms with Crippen LogP contribution in [0.25, 0.3) is 6.08 Å². The number of amides is 2. The van der Waals surface area contributed by atoms with Gasteiger partial charge in [-0.15, -0.1) is 0 Å². The fourth-order valence-electron chi connectivity index (χ4n) is 3.34. The van der Waals surface area contributed by atoms with Crippen LogP contribution in [0.2, 0.25) is 0 Å². The molecule has 1 fully saturated rings. The molecule has 2 heterocycles. The Balaban J connectivity index is 1.61. The largest absolute Gasteiger partial charge is 0.379 e. The third kappa shape index (κ3) is 7.81. The van der Waals surface area contributed by atoms with Crippen molar-refractivity contribution in [2.45, 2.75) is 13.3 Å². The number of aryl methyl sites for hydroxylation is 1. The summed E-state index contributed by atoms with van der Waals surface area (Å²) in [4.78, 5) is 39.4. The molecule has 11 heteroatoms. The Kier molecular flexibility index (Phi) is 8.67. The van der Waals surface area contributed by atoms with E-state index >= 15 is 0 Å². The topological polar surface area (TPSA) is 131 Å². The predicted octanol–water partition coefficient (Wildman–Crippen LogP) is 2.09. The van der Waals surface area contributed by atoms with Crippen LogP contribution in [0.15, 0.2) is 40.9 Å². The molecule has 11 nitrogen and oxygen atoms in total. The second-order valence-corrected chi connectivity index (χ2v) is 7.62. The van der Waals surface area contributed by atoms with Crippen molar-refractivity contribution in [2.24, 2.45) is 0 Å². The van der Waals surface area contributed by atoms with Crippen LogP contribution >= 0.6 is 0 Å². The second kappa shape index (κ2) is 11.9. The van der Waals surface area contributed by atoms with Gasteiger partial charge in [-0.05, 0) is 37.1 Å². The van der Waals surface area contributed by atoms with Crippen LogP contribution in [0.4, 0.5) is 11.5 Å². The molecule has 0 radical (unpaired) electrons. The van der Waals surface area contributed by atoms with Crippen molar-refractivity contribution in [2.75, 3.05) is 51.3 Å². The Hall–Kier alpha value is -3.57. The minimum Gasteiger partial charge on any atom is -0.379 e. The van der Waals surface area contributed by atoms with Gasteiger partial charge < -0.3 is 19.5 Å². The van der Waals surface area contributed by atoms with Crippen molar-refractivity contribution in [1.29, 1.82) is 0 Å². The summed E-state index contributed by atoms with van der Waals surface area (Å²) in [6.07, 6.45) is 3.64. The summed E-state index contributed by atoms with van der Waals surface area (Å²) in [6, 6.07) is 7.46. The van der Waals surface area contributed by atoms with Gasteiger partial charge in [-0.3, -0.25) is 24.6 Å². The molecular weight excluding hydrogens is 430 g/mol. The van der Waals surface area contributed by atoms with Crippen LogP contribution < -0.4 is 5.32 Å². The molecule has 33 heavy (non-hydrogen) atoms. The lowest BCUT2D eigenvalue weighted by molar-refractivity contribution is -0.384. The Morgan fingerprint density at radius 2 is 2.00 bits per heavy atom. The molecule has 3 rings (SSSR count). The molecule has 1 aromatic heterocycles. The first-order valence-electron chi connectivity index (χ1n) is 10.7. The number of carbonyl (C=O) groups excluding carboxylic acids is 2. The number of rotatable bonds is 10. The van der Waals surface area contributed by atoms with Gasteiger partial charge >= 0.3 is 0 Å². The van der Waals surface area contributed by atoms with Gasteiger partial charge in [0.25, 0.3) is 5.69 Å². The lowest BCUT2D eigenvalue weighted by Crippen LogP contribution is -2.41. The van der Waals surface area contributed by atoms with Crippen LogP contribution in [0.3, 0.4) is 0 Å². The number of ether oxygens (including phenoxy) is 1. The lowest BCUT2D eigenvalue weighted by atomic mass is 10.2. The van der Waals surface area contributed by atoms with Crippen molar-refractivity contribution in [3.63, 3.8) is 0 Å². The normalized spacial score (nSPS) is 14.3. The monoisotopic (exact) mass is 457 g/mol. The van der Waals surface area contributed by atoms with Crippen LogP contribution in [-0.4, -0.2) is 77.6 Å². The minimum atomic E-state index is -0.482. The van der Waals surface area contributed by atoms with E-state index in [2.05, 4.69) is 15.4 Å². The summed E-state index contributed by atoms with van der Waals surface area (Å²) >= 11 is 0. The number of nitro groups is 1. The number of hydrogen-bond donors (Lipinski definition) is 1. The molecule has 2 aromatic rings. The average molecular weight is 457 g/mol. The van der Waals surface area contributed by atoms with Gasteiger partial charge in [-0.1, -0.05) is 5.16 Å². The van der Waals surface area contributed by atoms with Crippen LogP contribution in [-0.2, 0) is 14.3 Å². The number of carbonyl (C=O) groups is 2. The fraction of sp³-hybridized carbons (Fsp3) is 0.409. The molecule has 1 saturated heterocycles. The van der Waals surface area contributed by atoms with Crippen molar-refractivity contribution in [3.8, 4) is 0 Å². The molecule has 0 aliphatic carbocycles. The maximum Gasteiger partial charge on any atom is 0.269 e. The third-order valence-corrected chi connectivity index (χ3v) is 5.07. The van der Waals surface area contributed by atoms with Crippen molar-refractivity contribution >= 4 is 29.4 Å². The summed E-state index contributed by atoms with van der Waals surface area (Å²) in [5, 5.41) is 17.1. The van der Waals surface area contributed by atoms with Crippen molar-refractivity contribution < 1.29 is 23.8 Å². The number of nitro benzene ring substituents is 1. The number of aromatic nitrogens is 1. The summed E-state index contributed by atoms with van der Waals surface area (Å²) in [5.74, 6) is 0.142. The maximum absolute atomic E-state index is 12.8. The van der Waals surface area contributed by atoms with Gasteiger partial charge in [-0.25, -0.2) is 0 Å². The molecule has 2 amide bonds. The maximum atomic E-state index is 12.8. The Morgan fingerprint density at radius 3 is 2.64 bits per heavy atom. The highest BCUT2D eigenvalue weighted by atomic mass is 16.6. The summed E-state index contributed by atoms with van der Waals surface area (Å²) in [5.41, 5.74) is 0.618. The zero-order valence-corrected chi connectivity index (χ0v) is 18.4. The summed E-state index contributed by atoms with van der Waals surface area (Å²) in [6.45, 7) is 5.85. The predicted molar refractivity (Wildman–Crippen MR) is 120 cm³/mol. The quantitative estimate of drug-likeness (QED) is 0.326. The van der Waals surface area contributed by atoms with Crippen LogP contribution in [0.5, 0.6) is 0 Å². The van der Waals surface area contributed by atoms with E-state index in [-0.39, 0.29) is 24.0 Å². The highest BCUT2D eigenvalue weighted by Crippen LogP contribution is 2.13. The molecule has 176 valence electrons. The number of nitrogens with one attached hydrogen (secondary N) is 1. The highest BCUT2D eigenvalue weighted by molar-refractivity contribution is 5.97. The fourth-order valence-corrected chi connectivity index (χ4v) is 3.34. The molecule has 0 spiro atoms. The Morgan fingerprint density at radius 1 is 1.27 bits per heavy atom. The number of anilines is 1. The SMILES string of the molecule is Cc1cc(NC(=O)CN(CCCN2CCOCC2)C(=O)/C=C/c2ccc([N+](=O)[O-])cc2)no1. The van der Waals surface area contributed by atoms with Gasteiger partial charge in [0.15, 0.2) is 5.82 Å². The van der Waals surface area contributed by atoms with E-state index in [1.165, 1.54) is 23.1 Å². The Bertz CT molecular complexity index is 981. The van der Waals surface area contributed by atoms with Crippen molar-refractivity contribution in [1.82, 2.24) is 15.0 Å². The molecule has 1 aliphatic heterocycles. The third-order valence-electron chi connectivity index (χ3n) is 5.07. The smallest absolute Gasteiger partial charge is 0.269 e. The van der Waals surface area contributed by atoms with Crippen LogP contribution in [0, 0.1) is 17.0 Å². The van der Waals surface area contributed by atoms with E-state index < -0.39 is 4.92 Å². The molecule has 1 aromatic carbocycles. The van der Waals surface area contributed by atoms with E-state index in [1.54, 1.807) is 31.2 Å².